The number of benzene rings is 2. The summed E-state index contributed by atoms with van der Waals surface area (Å²) in [6, 6.07) is 2.79. The Labute approximate surface area is 354 Å². The zero-order valence-electron chi connectivity index (χ0n) is 34.7. The van der Waals surface area contributed by atoms with Crippen LogP contribution in [-0.4, -0.2) is 123 Å². The first-order valence-corrected chi connectivity index (χ1v) is 21.1. The van der Waals surface area contributed by atoms with E-state index in [1.807, 2.05) is 39.0 Å². The van der Waals surface area contributed by atoms with E-state index in [-0.39, 0.29) is 54.2 Å². The van der Waals surface area contributed by atoms with Crippen molar-refractivity contribution in [1.82, 2.24) is 30.7 Å². The van der Waals surface area contributed by atoms with Gasteiger partial charge in [0.15, 0.2) is 5.78 Å². The fourth-order valence-corrected chi connectivity index (χ4v) is 9.26. The van der Waals surface area contributed by atoms with Gasteiger partial charge in [-0.3, -0.25) is 28.8 Å². The van der Waals surface area contributed by atoms with Gasteiger partial charge >= 0.3 is 6.03 Å². The maximum Gasteiger partial charge on any atom is 0.319 e. The van der Waals surface area contributed by atoms with Crippen molar-refractivity contribution in [3.8, 4) is 0 Å². The average molecular weight is 852 g/mol. The van der Waals surface area contributed by atoms with Crippen LogP contribution in [0.2, 0.25) is 5.02 Å². The number of nitrogens with one attached hydrogen (secondary N) is 4. The van der Waals surface area contributed by atoms with Crippen molar-refractivity contribution < 1.29 is 43.1 Å². The average Bonchev–Trinajstić information content (AvgIpc) is 3.46. The van der Waals surface area contributed by atoms with E-state index in [0.29, 0.717) is 50.6 Å². The number of anilines is 1. The SMILES string of the molecule is Cc1cc(C)cc(C[C@H](NC(=O)Nc2ccc(Cl)cc2F)C(=O)N[C@H](C(=O)N2CCC[C@H]2C(=O)N2CCCC[C@H]2C(=O)N[C@@H](C)C(=O)N2C[C@H](C)C[C@]23CC3=O)[C@H](C)O)c1. The maximum absolute atomic E-state index is 14.5. The van der Waals surface area contributed by atoms with Crippen molar-refractivity contribution in [2.75, 3.05) is 25.0 Å². The lowest BCUT2D eigenvalue weighted by atomic mass is 9.99. The summed E-state index contributed by atoms with van der Waals surface area (Å²) in [6.45, 7) is 9.50. The summed E-state index contributed by atoms with van der Waals surface area (Å²) in [4.78, 5) is 99.8. The summed E-state index contributed by atoms with van der Waals surface area (Å²) >= 11 is 5.86. The molecule has 60 heavy (non-hydrogen) atoms. The summed E-state index contributed by atoms with van der Waals surface area (Å²) in [5, 5.41) is 21.4. The molecule has 6 rings (SSSR count). The van der Waals surface area contributed by atoms with Crippen LogP contribution in [0, 0.1) is 25.6 Å². The van der Waals surface area contributed by atoms with Gasteiger partial charge in [-0.2, -0.15) is 0 Å². The van der Waals surface area contributed by atoms with Gasteiger partial charge in [-0.15, -0.1) is 0 Å². The Bertz CT molecular complexity index is 2030. The number of piperidine rings is 1. The molecular weight excluding hydrogens is 797 g/mol. The van der Waals surface area contributed by atoms with E-state index >= 15 is 0 Å². The van der Waals surface area contributed by atoms with Crippen LogP contribution in [0.1, 0.15) is 82.4 Å². The third-order valence-electron chi connectivity index (χ3n) is 12.0. The number of carbonyl (C=O) groups is 7. The summed E-state index contributed by atoms with van der Waals surface area (Å²) in [5.41, 5.74) is 1.57. The molecule has 0 unspecified atom stereocenters. The Morgan fingerprint density at radius 1 is 0.900 bits per heavy atom. The molecule has 4 fully saturated rings. The number of halogens is 2. The Hall–Kier alpha value is -5.09. The van der Waals surface area contributed by atoms with Crippen molar-refractivity contribution in [2.45, 2.75) is 128 Å². The Morgan fingerprint density at radius 3 is 2.22 bits per heavy atom. The molecule has 0 aromatic heterocycles. The molecule has 7 amide bonds. The lowest BCUT2D eigenvalue weighted by Gasteiger charge is -2.39. The largest absolute Gasteiger partial charge is 0.391 e. The van der Waals surface area contributed by atoms with Crippen LogP contribution in [0.15, 0.2) is 36.4 Å². The molecule has 2 aromatic rings. The Kier molecular flexibility index (Phi) is 13.5. The number of likely N-dealkylation sites (tertiary alicyclic amines) is 3. The summed E-state index contributed by atoms with van der Waals surface area (Å²) in [6.07, 6.45) is 1.86. The van der Waals surface area contributed by atoms with E-state index in [0.717, 1.165) is 17.2 Å². The third kappa shape index (κ3) is 9.75. The second-order valence-corrected chi connectivity index (χ2v) is 17.5. The highest BCUT2D eigenvalue weighted by Gasteiger charge is 2.63. The van der Waals surface area contributed by atoms with E-state index in [1.165, 1.54) is 28.9 Å². The molecule has 5 N–H and O–H groups in total. The number of aryl methyl sites for hydroxylation is 2. The first-order valence-electron chi connectivity index (χ1n) is 20.7. The van der Waals surface area contributed by atoms with Crippen LogP contribution in [0.25, 0.3) is 0 Å². The van der Waals surface area contributed by atoms with Gasteiger partial charge in [0.2, 0.25) is 29.5 Å². The Morgan fingerprint density at radius 2 is 1.57 bits per heavy atom. The molecule has 17 heteroatoms. The van der Waals surface area contributed by atoms with Gasteiger partial charge in [0.1, 0.15) is 41.6 Å². The molecular formula is C43H55ClFN7O8. The number of hydrogen-bond acceptors (Lipinski definition) is 8. The van der Waals surface area contributed by atoms with Gasteiger partial charge in [0, 0.05) is 37.5 Å². The van der Waals surface area contributed by atoms with Crippen LogP contribution in [0.4, 0.5) is 14.9 Å². The lowest BCUT2D eigenvalue weighted by Crippen LogP contribution is -2.62. The molecule has 3 heterocycles. The van der Waals surface area contributed by atoms with Crippen LogP contribution in [0.3, 0.4) is 0 Å². The quantitative estimate of drug-likeness (QED) is 0.215. The van der Waals surface area contributed by atoms with E-state index in [4.69, 9.17) is 11.6 Å². The monoisotopic (exact) mass is 851 g/mol. The van der Waals surface area contributed by atoms with E-state index in [2.05, 4.69) is 21.3 Å². The minimum Gasteiger partial charge on any atom is -0.391 e. The molecule has 324 valence electrons. The molecule has 2 aromatic carbocycles. The summed E-state index contributed by atoms with van der Waals surface area (Å²) in [7, 11) is 0. The lowest BCUT2D eigenvalue weighted by molar-refractivity contribution is -0.152. The number of Topliss-reactive ketones (excluding diaryl/α,β-unsaturated/α-hetero) is 1. The predicted octanol–water partition coefficient (Wildman–Crippen LogP) is 3.15. The first kappa shape index (κ1) is 44.5. The maximum atomic E-state index is 14.5. The summed E-state index contributed by atoms with van der Waals surface area (Å²) in [5.74, 6) is -3.41. The molecule has 1 saturated carbocycles. The van der Waals surface area contributed by atoms with Crippen LogP contribution >= 0.6 is 11.6 Å². The van der Waals surface area contributed by atoms with Crippen molar-refractivity contribution in [3.63, 3.8) is 0 Å². The van der Waals surface area contributed by atoms with E-state index in [9.17, 15) is 43.1 Å². The third-order valence-corrected chi connectivity index (χ3v) is 12.3. The fourth-order valence-electron chi connectivity index (χ4n) is 9.10. The number of amides is 7. The summed E-state index contributed by atoms with van der Waals surface area (Å²) < 4.78 is 14.5. The second kappa shape index (κ2) is 18.3. The van der Waals surface area contributed by atoms with E-state index in [1.54, 1.807) is 11.8 Å². The van der Waals surface area contributed by atoms with E-state index < -0.39 is 77.3 Å². The molecule has 0 bridgehead atoms. The van der Waals surface area contributed by atoms with Gasteiger partial charge in [-0.1, -0.05) is 47.9 Å². The molecule has 3 saturated heterocycles. The highest BCUT2D eigenvalue weighted by atomic mass is 35.5. The van der Waals surface area contributed by atoms with Crippen LogP contribution in [-0.2, 0) is 35.2 Å². The number of aliphatic hydroxyl groups excluding tert-OH is 1. The minimum atomic E-state index is -1.52. The molecule has 4 aliphatic rings. The van der Waals surface area contributed by atoms with Gasteiger partial charge in [0.25, 0.3) is 0 Å². The predicted molar refractivity (Wildman–Crippen MR) is 220 cm³/mol. The number of ketones is 1. The second-order valence-electron chi connectivity index (χ2n) is 17.1. The van der Waals surface area contributed by atoms with Gasteiger partial charge in [0.05, 0.1) is 11.8 Å². The number of carbonyl (C=O) groups excluding carboxylic acids is 7. The molecule has 15 nitrogen and oxygen atoms in total. The minimum absolute atomic E-state index is 0.0187. The van der Waals surface area contributed by atoms with Gasteiger partial charge in [-0.25, -0.2) is 9.18 Å². The first-order chi connectivity index (χ1) is 28.4. The number of rotatable bonds is 12. The Balaban J connectivity index is 1.14. The van der Waals surface area contributed by atoms with Crippen molar-refractivity contribution in [2.24, 2.45) is 5.92 Å². The number of nitrogens with zero attached hydrogens (tertiary/aromatic N) is 3. The number of hydrogen-bond donors (Lipinski definition) is 5. The molecule has 3 aliphatic heterocycles. The van der Waals surface area contributed by atoms with Crippen molar-refractivity contribution in [1.29, 1.82) is 0 Å². The van der Waals surface area contributed by atoms with Crippen molar-refractivity contribution >= 4 is 58.6 Å². The van der Waals surface area contributed by atoms with Crippen LogP contribution < -0.4 is 21.3 Å². The molecule has 1 spiro atoms. The number of urea groups is 1. The molecule has 8 atom stereocenters. The zero-order chi connectivity index (χ0) is 43.6. The zero-order valence-corrected chi connectivity index (χ0v) is 35.4. The fraction of sp³-hybridized carbons (Fsp3) is 0.558. The van der Waals surface area contributed by atoms with Gasteiger partial charge < -0.3 is 41.1 Å². The normalized spacial score (nSPS) is 24.4. The molecule has 0 radical (unpaired) electrons. The smallest absolute Gasteiger partial charge is 0.319 e. The number of aliphatic hydroxyl groups is 1. The van der Waals surface area contributed by atoms with Crippen molar-refractivity contribution in [3.05, 3.63) is 63.9 Å². The van der Waals surface area contributed by atoms with Crippen LogP contribution in [0.5, 0.6) is 0 Å². The highest BCUT2D eigenvalue weighted by molar-refractivity contribution is 6.30. The topological polar surface area (TPSA) is 198 Å². The standard InChI is InChI=1S/C43H55ClFN7O8/c1-23-15-24(2)17-28(16-23)18-32(48-42(60)47-31-12-11-29(44)19-30(31)45)37(55)49-36(27(5)53)41(59)51-14-8-10-34(51)40(58)50-13-7-6-9-33(50)38(56)46-26(4)39(57)52-22-25(3)20-43(52)21-35(43)54/h11-12,15-17,19,25-27,32-34,36,53H,6-10,13-14,18,20-22H2,1-5H3,(H,46,56)(H,49,55)(H2,47,48,60)/t25-,26+,27+,32+,33+,34+,36+,43-/m1/s1. The van der Waals surface area contributed by atoms with Gasteiger partial charge in [-0.05, 0) is 95.9 Å². The highest BCUT2D eigenvalue weighted by Crippen LogP contribution is 2.48. The molecule has 1 aliphatic carbocycles.